The van der Waals surface area contributed by atoms with Crippen LogP contribution < -0.4 is 0 Å². The largest absolute Gasteiger partial charge is 0.512 e. The topological polar surface area (TPSA) is 40.5 Å². The van der Waals surface area contributed by atoms with Crippen LogP contribution in [-0.4, -0.2) is 10.2 Å². The van der Waals surface area contributed by atoms with Crippen molar-refractivity contribution in [2.75, 3.05) is 0 Å². The van der Waals surface area contributed by atoms with Gasteiger partial charge in [0.25, 0.3) is 0 Å². The van der Waals surface area contributed by atoms with Gasteiger partial charge in [-0.2, -0.15) is 0 Å². The lowest BCUT2D eigenvalue weighted by Gasteiger charge is -2.28. The molecule has 0 spiro atoms. The fourth-order valence-corrected chi connectivity index (χ4v) is 2.17. The monoisotopic (exact) mass is 230 g/mol. The molecule has 0 fully saturated rings. The smallest absolute Gasteiger partial charge is 0.119 e. The molecule has 0 aliphatic heterocycles. The molecule has 2 N–H and O–H groups in total. The molecule has 1 aromatic rings. The van der Waals surface area contributed by atoms with E-state index in [1.54, 1.807) is 12.1 Å². The Bertz CT molecular complexity index is 481. The summed E-state index contributed by atoms with van der Waals surface area (Å²) in [6.07, 6.45) is 5.27. The summed E-state index contributed by atoms with van der Waals surface area (Å²) in [5, 5.41) is 19.5. The van der Waals surface area contributed by atoms with E-state index in [4.69, 9.17) is 0 Å². The third-order valence-electron chi connectivity index (χ3n) is 3.25. The van der Waals surface area contributed by atoms with Crippen molar-refractivity contribution in [1.29, 1.82) is 0 Å². The lowest BCUT2D eigenvalue weighted by molar-refractivity contribution is 0.251. The number of phenols is 1. The van der Waals surface area contributed by atoms with Gasteiger partial charge in [0.1, 0.15) is 5.75 Å². The first-order valence-corrected chi connectivity index (χ1v) is 5.85. The van der Waals surface area contributed by atoms with Crippen LogP contribution in [0.3, 0.4) is 0 Å². The molecule has 1 aliphatic rings. The van der Waals surface area contributed by atoms with E-state index in [1.807, 2.05) is 38.1 Å². The first-order valence-electron chi connectivity index (χ1n) is 5.85. The van der Waals surface area contributed by atoms with Crippen molar-refractivity contribution in [3.63, 3.8) is 0 Å². The zero-order valence-electron chi connectivity index (χ0n) is 10.3. The molecule has 0 saturated heterocycles. The van der Waals surface area contributed by atoms with E-state index < -0.39 is 0 Å². The number of para-hydroxylation sites is 1. The van der Waals surface area contributed by atoms with Crippen molar-refractivity contribution >= 4 is 0 Å². The van der Waals surface area contributed by atoms with E-state index in [2.05, 4.69) is 0 Å². The van der Waals surface area contributed by atoms with Crippen LogP contribution in [0.1, 0.15) is 25.8 Å². The van der Waals surface area contributed by atoms with Gasteiger partial charge in [-0.15, -0.1) is 0 Å². The Morgan fingerprint density at radius 2 is 1.82 bits per heavy atom. The SMILES string of the molecule is CC1(C)CC(Cc2ccccc2O)=CC=C1O. The average Bonchev–Trinajstić information content (AvgIpc) is 2.26. The van der Waals surface area contributed by atoms with Gasteiger partial charge in [0.05, 0.1) is 5.76 Å². The van der Waals surface area contributed by atoms with Gasteiger partial charge in [-0.05, 0) is 30.5 Å². The third kappa shape index (κ3) is 2.52. The minimum Gasteiger partial charge on any atom is -0.512 e. The molecule has 1 aliphatic carbocycles. The van der Waals surface area contributed by atoms with E-state index >= 15 is 0 Å². The quantitative estimate of drug-likeness (QED) is 0.812. The Hall–Kier alpha value is -1.70. The first-order chi connectivity index (χ1) is 7.99. The molecule has 2 nitrogen and oxygen atoms in total. The molecule has 2 rings (SSSR count). The molecule has 0 unspecified atom stereocenters. The van der Waals surface area contributed by atoms with Gasteiger partial charge in [-0.25, -0.2) is 0 Å². The number of aliphatic hydroxyl groups is 1. The van der Waals surface area contributed by atoms with Gasteiger partial charge in [0.15, 0.2) is 0 Å². The fraction of sp³-hybridized carbons (Fsp3) is 0.333. The van der Waals surface area contributed by atoms with Gasteiger partial charge < -0.3 is 10.2 Å². The number of aromatic hydroxyl groups is 1. The van der Waals surface area contributed by atoms with Crippen LogP contribution in [0.5, 0.6) is 5.75 Å². The molecule has 90 valence electrons. The number of hydrogen-bond donors (Lipinski definition) is 2. The normalized spacial score (nSPS) is 18.5. The van der Waals surface area contributed by atoms with Gasteiger partial charge in [0.2, 0.25) is 0 Å². The Labute approximate surface area is 102 Å². The van der Waals surface area contributed by atoms with Gasteiger partial charge in [0, 0.05) is 5.41 Å². The van der Waals surface area contributed by atoms with Crippen molar-refractivity contribution in [2.45, 2.75) is 26.7 Å². The van der Waals surface area contributed by atoms with Crippen LogP contribution in [0.4, 0.5) is 0 Å². The van der Waals surface area contributed by atoms with Crippen molar-refractivity contribution in [3.05, 3.63) is 53.3 Å². The Kier molecular flexibility index (Phi) is 2.97. The summed E-state index contributed by atoms with van der Waals surface area (Å²) in [4.78, 5) is 0. The van der Waals surface area contributed by atoms with Crippen molar-refractivity contribution in [1.82, 2.24) is 0 Å². The molecule has 17 heavy (non-hydrogen) atoms. The second kappa shape index (κ2) is 4.28. The number of hydrogen-bond acceptors (Lipinski definition) is 2. The molecular weight excluding hydrogens is 212 g/mol. The van der Waals surface area contributed by atoms with Crippen molar-refractivity contribution in [3.8, 4) is 5.75 Å². The molecule has 1 aromatic carbocycles. The maximum absolute atomic E-state index is 9.74. The second-order valence-corrected chi connectivity index (χ2v) is 5.24. The second-order valence-electron chi connectivity index (χ2n) is 5.24. The molecule has 0 radical (unpaired) electrons. The van der Waals surface area contributed by atoms with E-state index in [1.165, 1.54) is 5.57 Å². The molecule has 0 bridgehead atoms. The van der Waals surface area contributed by atoms with E-state index in [0.717, 1.165) is 18.4 Å². The minimum absolute atomic E-state index is 0.200. The van der Waals surface area contributed by atoms with Crippen molar-refractivity contribution < 1.29 is 10.2 Å². The molecule has 0 saturated carbocycles. The summed E-state index contributed by atoms with van der Waals surface area (Å²) in [7, 11) is 0. The average molecular weight is 230 g/mol. The van der Waals surface area contributed by atoms with E-state index in [9.17, 15) is 10.2 Å². The highest BCUT2D eigenvalue weighted by molar-refractivity contribution is 5.37. The van der Waals surface area contributed by atoms with Crippen LogP contribution in [0.25, 0.3) is 0 Å². The fourth-order valence-electron chi connectivity index (χ4n) is 2.17. The molecule has 0 amide bonds. The predicted molar refractivity (Wildman–Crippen MR) is 69.0 cm³/mol. The Morgan fingerprint density at radius 3 is 2.47 bits per heavy atom. The maximum atomic E-state index is 9.74. The third-order valence-corrected chi connectivity index (χ3v) is 3.25. The molecular formula is C15H18O2. The first kappa shape index (κ1) is 11.8. The standard InChI is InChI=1S/C15H18O2/c1-15(2)10-11(7-8-14(15)17)9-12-5-3-4-6-13(12)16/h3-8,16-17H,9-10H2,1-2H3. The maximum Gasteiger partial charge on any atom is 0.119 e. The van der Waals surface area contributed by atoms with Crippen molar-refractivity contribution in [2.24, 2.45) is 5.41 Å². The highest BCUT2D eigenvalue weighted by atomic mass is 16.3. The predicted octanol–water partition coefficient (Wildman–Crippen LogP) is 3.73. The minimum atomic E-state index is -0.200. The highest BCUT2D eigenvalue weighted by Crippen LogP contribution is 2.37. The lowest BCUT2D eigenvalue weighted by atomic mass is 9.78. The summed E-state index contributed by atoms with van der Waals surface area (Å²) < 4.78 is 0. The van der Waals surface area contributed by atoms with Crippen LogP contribution >= 0.6 is 0 Å². The van der Waals surface area contributed by atoms with Crippen LogP contribution in [0.2, 0.25) is 0 Å². The number of benzene rings is 1. The molecule has 0 heterocycles. The van der Waals surface area contributed by atoms with Crippen LogP contribution in [0, 0.1) is 5.41 Å². The Morgan fingerprint density at radius 1 is 1.12 bits per heavy atom. The zero-order valence-corrected chi connectivity index (χ0v) is 10.3. The number of allylic oxidation sites excluding steroid dienone is 4. The zero-order chi connectivity index (χ0) is 12.5. The lowest BCUT2D eigenvalue weighted by Crippen LogP contribution is -2.18. The van der Waals surface area contributed by atoms with Crippen LogP contribution in [0.15, 0.2) is 47.7 Å². The Balaban J connectivity index is 2.19. The van der Waals surface area contributed by atoms with Gasteiger partial charge in [-0.3, -0.25) is 0 Å². The molecule has 0 aromatic heterocycles. The highest BCUT2D eigenvalue weighted by Gasteiger charge is 2.27. The number of rotatable bonds is 2. The van der Waals surface area contributed by atoms with Crippen LogP contribution in [-0.2, 0) is 6.42 Å². The molecule has 0 atom stereocenters. The van der Waals surface area contributed by atoms with Gasteiger partial charge >= 0.3 is 0 Å². The summed E-state index contributed by atoms with van der Waals surface area (Å²) in [6.45, 7) is 4.05. The van der Waals surface area contributed by atoms with E-state index in [-0.39, 0.29) is 5.41 Å². The summed E-state index contributed by atoms with van der Waals surface area (Å²) in [5.74, 6) is 0.767. The number of aliphatic hydroxyl groups excluding tert-OH is 1. The summed E-state index contributed by atoms with van der Waals surface area (Å²) in [5.41, 5.74) is 1.97. The summed E-state index contributed by atoms with van der Waals surface area (Å²) in [6, 6.07) is 7.39. The summed E-state index contributed by atoms with van der Waals surface area (Å²) >= 11 is 0. The van der Waals surface area contributed by atoms with Gasteiger partial charge in [-0.1, -0.05) is 43.7 Å². The molecule has 2 heteroatoms. The number of phenolic OH excluding ortho intramolecular Hbond substituents is 1. The van der Waals surface area contributed by atoms with E-state index in [0.29, 0.717) is 11.5 Å².